The summed E-state index contributed by atoms with van der Waals surface area (Å²) >= 11 is 0. The zero-order chi connectivity index (χ0) is 14.8. The first-order valence-electron chi connectivity index (χ1n) is 7.44. The normalized spacial score (nSPS) is 11.6. The van der Waals surface area contributed by atoms with Crippen LogP contribution >= 0.6 is 0 Å². The van der Waals surface area contributed by atoms with Gasteiger partial charge in [-0.15, -0.1) is 0 Å². The highest BCUT2D eigenvalue weighted by Crippen LogP contribution is 2.22. The quantitative estimate of drug-likeness (QED) is 0.779. The molecule has 3 aromatic rings. The average Bonchev–Trinajstić information content (AvgIpc) is 3.05. The van der Waals surface area contributed by atoms with E-state index >= 15 is 0 Å². The zero-order valence-corrected chi connectivity index (χ0v) is 12.9. The fourth-order valence-corrected chi connectivity index (χ4v) is 2.76. The largest absolute Gasteiger partial charge is 0.357 e. The van der Waals surface area contributed by atoms with Crippen LogP contribution in [0.4, 0.5) is 0 Å². The van der Waals surface area contributed by atoms with Gasteiger partial charge in [0.25, 0.3) is 0 Å². The highest BCUT2D eigenvalue weighted by atomic mass is 15.3. The summed E-state index contributed by atoms with van der Waals surface area (Å²) in [5.74, 6) is 0. The number of H-pyrrole nitrogens is 1. The van der Waals surface area contributed by atoms with E-state index < -0.39 is 0 Å². The molecular formula is C17H22N4. The van der Waals surface area contributed by atoms with Crippen molar-refractivity contribution >= 4 is 10.9 Å². The average molecular weight is 282 g/mol. The summed E-state index contributed by atoms with van der Waals surface area (Å²) in [6.45, 7) is 6.98. The topological polar surface area (TPSA) is 36.9 Å². The van der Waals surface area contributed by atoms with Gasteiger partial charge in [-0.1, -0.05) is 18.2 Å². The van der Waals surface area contributed by atoms with Crippen LogP contribution in [0.3, 0.4) is 0 Å². The number of rotatable bonds is 5. The number of benzene rings is 1. The molecule has 2 aromatic heterocycles. The molecule has 3 rings (SSSR count). The van der Waals surface area contributed by atoms with Crippen LogP contribution in [0, 0.1) is 6.92 Å². The van der Waals surface area contributed by atoms with Crippen molar-refractivity contribution in [3.05, 3.63) is 53.5 Å². The summed E-state index contributed by atoms with van der Waals surface area (Å²) in [4.78, 5) is 5.82. The number of aromatic nitrogens is 3. The minimum Gasteiger partial charge on any atom is -0.357 e. The van der Waals surface area contributed by atoms with Crippen LogP contribution in [0.2, 0.25) is 0 Å². The van der Waals surface area contributed by atoms with Gasteiger partial charge in [-0.25, -0.2) is 0 Å². The molecule has 21 heavy (non-hydrogen) atoms. The third-order valence-electron chi connectivity index (χ3n) is 3.95. The maximum Gasteiger partial charge on any atom is 0.0764 e. The first-order valence-corrected chi connectivity index (χ1v) is 7.44. The van der Waals surface area contributed by atoms with E-state index in [4.69, 9.17) is 0 Å². The molecular weight excluding hydrogens is 260 g/mol. The highest BCUT2D eigenvalue weighted by Gasteiger charge is 2.10. The van der Waals surface area contributed by atoms with Crippen molar-refractivity contribution in [2.45, 2.75) is 33.5 Å². The van der Waals surface area contributed by atoms with Crippen molar-refractivity contribution in [1.82, 2.24) is 19.7 Å². The molecule has 0 aliphatic carbocycles. The van der Waals surface area contributed by atoms with Crippen molar-refractivity contribution in [2.24, 2.45) is 0 Å². The van der Waals surface area contributed by atoms with Crippen LogP contribution in [0.1, 0.15) is 23.9 Å². The second-order valence-electron chi connectivity index (χ2n) is 5.61. The lowest BCUT2D eigenvalue weighted by Crippen LogP contribution is -2.18. The molecule has 2 heterocycles. The van der Waals surface area contributed by atoms with E-state index in [1.165, 1.54) is 22.2 Å². The summed E-state index contributed by atoms with van der Waals surface area (Å²) in [7, 11) is 2.13. The van der Waals surface area contributed by atoms with Gasteiger partial charge in [-0.3, -0.25) is 9.58 Å². The minimum atomic E-state index is 0.863. The second-order valence-corrected chi connectivity index (χ2v) is 5.61. The molecule has 0 atom stereocenters. The SMILES string of the molecule is CCn1ccc(CN(C)Cc2[nH]c3ccccc3c2C)n1. The Hall–Kier alpha value is -2.07. The maximum absolute atomic E-state index is 4.54. The molecule has 1 N–H and O–H groups in total. The van der Waals surface area contributed by atoms with Crippen LogP contribution in [0.25, 0.3) is 10.9 Å². The smallest absolute Gasteiger partial charge is 0.0764 e. The Balaban J connectivity index is 1.73. The van der Waals surface area contributed by atoms with Crippen molar-refractivity contribution in [2.75, 3.05) is 7.05 Å². The number of fused-ring (bicyclic) bond motifs is 1. The van der Waals surface area contributed by atoms with Crippen LogP contribution in [0.15, 0.2) is 36.5 Å². The molecule has 0 fully saturated rings. The molecule has 0 saturated heterocycles. The summed E-state index contributed by atoms with van der Waals surface area (Å²) in [6.07, 6.45) is 2.04. The van der Waals surface area contributed by atoms with Crippen molar-refractivity contribution in [3.63, 3.8) is 0 Å². The Kier molecular flexibility index (Phi) is 3.80. The molecule has 0 unspecified atom stereocenters. The number of nitrogens with one attached hydrogen (secondary N) is 1. The summed E-state index contributed by atoms with van der Waals surface area (Å²) in [5.41, 5.74) is 4.96. The Bertz CT molecular complexity index is 738. The molecule has 0 saturated carbocycles. The molecule has 0 aliphatic rings. The molecule has 0 aliphatic heterocycles. The van der Waals surface area contributed by atoms with E-state index in [0.717, 1.165) is 25.3 Å². The number of hydrogen-bond acceptors (Lipinski definition) is 2. The number of para-hydroxylation sites is 1. The van der Waals surface area contributed by atoms with Crippen LogP contribution in [-0.2, 0) is 19.6 Å². The molecule has 4 heteroatoms. The number of hydrogen-bond donors (Lipinski definition) is 1. The Morgan fingerprint density at radius 1 is 1.19 bits per heavy atom. The van der Waals surface area contributed by atoms with Gasteiger partial charge in [0.1, 0.15) is 0 Å². The van der Waals surface area contributed by atoms with Crippen LogP contribution < -0.4 is 0 Å². The van der Waals surface area contributed by atoms with E-state index in [9.17, 15) is 0 Å². The lowest BCUT2D eigenvalue weighted by molar-refractivity contribution is 0.310. The van der Waals surface area contributed by atoms with Gasteiger partial charge in [0, 0.05) is 42.4 Å². The number of aromatic amines is 1. The van der Waals surface area contributed by atoms with Crippen molar-refractivity contribution in [1.29, 1.82) is 0 Å². The minimum absolute atomic E-state index is 0.863. The fraction of sp³-hybridized carbons (Fsp3) is 0.353. The molecule has 1 aromatic carbocycles. The molecule has 0 radical (unpaired) electrons. The zero-order valence-electron chi connectivity index (χ0n) is 12.9. The van der Waals surface area contributed by atoms with Gasteiger partial charge in [0.2, 0.25) is 0 Å². The van der Waals surface area contributed by atoms with E-state index in [2.05, 4.69) is 66.2 Å². The van der Waals surface area contributed by atoms with E-state index in [1.807, 2.05) is 10.9 Å². The molecule has 0 spiro atoms. The standard InChI is InChI=1S/C17H22N4/c1-4-21-10-9-14(19-21)11-20(3)12-17-13(2)15-7-5-6-8-16(15)18-17/h5-10,18H,4,11-12H2,1-3H3. The van der Waals surface area contributed by atoms with Gasteiger partial charge in [-0.05, 0) is 38.6 Å². The Labute approximate surface area is 125 Å². The van der Waals surface area contributed by atoms with E-state index in [-0.39, 0.29) is 0 Å². The van der Waals surface area contributed by atoms with E-state index in [0.29, 0.717) is 0 Å². The summed E-state index contributed by atoms with van der Waals surface area (Å²) in [6, 6.07) is 10.6. The molecule has 0 bridgehead atoms. The predicted molar refractivity (Wildman–Crippen MR) is 86.1 cm³/mol. The predicted octanol–water partition coefficient (Wildman–Crippen LogP) is 3.32. The lowest BCUT2D eigenvalue weighted by atomic mass is 10.1. The Morgan fingerprint density at radius 2 is 2.00 bits per heavy atom. The number of nitrogens with zero attached hydrogens (tertiary/aromatic N) is 3. The highest BCUT2D eigenvalue weighted by molar-refractivity contribution is 5.84. The van der Waals surface area contributed by atoms with Gasteiger partial charge in [0.05, 0.1) is 5.69 Å². The van der Waals surface area contributed by atoms with Gasteiger partial charge in [-0.2, -0.15) is 5.10 Å². The van der Waals surface area contributed by atoms with Crippen molar-refractivity contribution in [3.8, 4) is 0 Å². The van der Waals surface area contributed by atoms with Crippen LogP contribution in [-0.4, -0.2) is 26.7 Å². The molecule has 110 valence electrons. The lowest BCUT2D eigenvalue weighted by Gasteiger charge is -2.15. The third-order valence-corrected chi connectivity index (χ3v) is 3.95. The summed E-state index contributed by atoms with van der Waals surface area (Å²) in [5, 5.41) is 5.86. The van der Waals surface area contributed by atoms with E-state index in [1.54, 1.807) is 0 Å². The maximum atomic E-state index is 4.54. The van der Waals surface area contributed by atoms with Gasteiger partial charge < -0.3 is 4.98 Å². The van der Waals surface area contributed by atoms with Gasteiger partial charge >= 0.3 is 0 Å². The molecule has 4 nitrogen and oxygen atoms in total. The monoisotopic (exact) mass is 282 g/mol. The van der Waals surface area contributed by atoms with Gasteiger partial charge in [0.15, 0.2) is 0 Å². The third kappa shape index (κ3) is 2.85. The Morgan fingerprint density at radius 3 is 2.71 bits per heavy atom. The second kappa shape index (κ2) is 5.74. The first-order chi connectivity index (χ1) is 10.2. The molecule has 0 amide bonds. The summed E-state index contributed by atoms with van der Waals surface area (Å²) < 4.78 is 1.97. The number of aryl methyl sites for hydroxylation is 2. The first kappa shape index (κ1) is 13.9. The van der Waals surface area contributed by atoms with Crippen molar-refractivity contribution < 1.29 is 0 Å². The fourth-order valence-electron chi connectivity index (χ4n) is 2.76. The van der Waals surface area contributed by atoms with Crippen LogP contribution in [0.5, 0.6) is 0 Å².